The van der Waals surface area contributed by atoms with Gasteiger partial charge >= 0.3 is 11.9 Å². The van der Waals surface area contributed by atoms with Crippen LogP contribution in [0.25, 0.3) is 11.1 Å². The Morgan fingerprint density at radius 2 is 1.62 bits per heavy atom. The number of hydrogen-bond acceptors (Lipinski definition) is 2. The molecule has 0 aliphatic carbocycles. The Kier molecular flexibility index (Phi) is 3.84. The summed E-state index contributed by atoms with van der Waals surface area (Å²) in [6.07, 6.45) is 0. The summed E-state index contributed by atoms with van der Waals surface area (Å²) in [7, 11) is 1.59. The van der Waals surface area contributed by atoms with Crippen LogP contribution in [0.3, 0.4) is 0 Å². The Labute approximate surface area is 122 Å². The molecular formula is C16H17NO4. The van der Waals surface area contributed by atoms with Crippen LogP contribution in [0.15, 0.2) is 30.3 Å². The van der Waals surface area contributed by atoms with Gasteiger partial charge in [-0.15, -0.1) is 0 Å². The third-order valence-electron chi connectivity index (χ3n) is 3.47. The van der Waals surface area contributed by atoms with Crippen LogP contribution >= 0.6 is 0 Å². The summed E-state index contributed by atoms with van der Waals surface area (Å²) in [6, 6.07) is 8.76. The van der Waals surface area contributed by atoms with Crippen LogP contribution in [0.4, 0.5) is 0 Å². The first-order chi connectivity index (χ1) is 9.86. The van der Waals surface area contributed by atoms with E-state index in [1.165, 1.54) is 4.57 Å². The molecule has 2 N–H and O–H groups in total. The lowest BCUT2D eigenvalue weighted by atomic mass is 9.97. The summed E-state index contributed by atoms with van der Waals surface area (Å²) in [4.78, 5) is 23.3. The van der Waals surface area contributed by atoms with E-state index in [0.717, 1.165) is 0 Å². The standard InChI is InChI=1S/C16H17NO4/c1-9(2)13-12(15(18)19)11(10-7-5-4-6-8-10)14(16(20)21)17(13)3/h4-9H,1-3H3,(H,18,19)(H,20,21). The van der Waals surface area contributed by atoms with Crippen LogP contribution < -0.4 is 0 Å². The Balaban J connectivity index is 2.93. The van der Waals surface area contributed by atoms with Gasteiger partial charge in [-0.2, -0.15) is 0 Å². The number of benzene rings is 1. The average molecular weight is 287 g/mol. The number of hydrogen-bond donors (Lipinski definition) is 2. The third-order valence-corrected chi connectivity index (χ3v) is 3.47. The minimum absolute atomic E-state index is 0.00213. The van der Waals surface area contributed by atoms with Gasteiger partial charge in [0, 0.05) is 18.3 Å². The molecule has 0 saturated carbocycles. The highest BCUT2D eigenvalue weighted by atomic mass is 16.4. The molecule has 5 nitrogen and oxygen atoms in total. The van der Waals surface area contributed by atoms with Crippen LogP contribution in [-0.2, 0) is 7.05 Å². The second kappa shape index (κ2) is 5.44. The molecule has 0 fully saturated rings. The highest BCUT2D eigenvalue weighted by Gasteiger charge is 2.30. The van der Waals surface area contributed by atoms with E-state index in [1.54, 1.807) is 37.4 Å². The largest absolute Gasteiger partial charge is 0.478 e. The molecule has 2 rings (SSSR count). The van der Waals surface area contributed by atoms with E-state index in [0.29, 0.717) is 11.3 Å². The molecule has 0 saturated heterocycles. The van der Waals surface area contributed by atoms with Gasteiger partial charge < -0.3 is 14.8 Å². The normalized spacial score (nSPS) is 10.9. The van der Waals surface area contributed by atoms with Gasteiger partial charge in [0.05, 0.1) is 5.56 Å². The summed E-state index contributed by atoms with van der Waals surface area (Å²) in [5, 5.41) is 19.1. The van der Waals surface area contributed by atoms with Crippen molar-refractivity contribution in [3.05, 3.63) is 47.3 Å². The van der Waals surface area contributed by atoms with Gasteiger partial charge in [0.2, 0.25) is 0 Å². The fourth-order valence-electron chi connectivity index (χ4n) is 2.73. The molecule has 1 aromatic carbocycles. The summed E-state index contributed by atoms with van der Waals surface area (Å²) < 4.78 is 1.47. The van der Waals surface area contributed by atoms with Crippen molar-refractivity contribution in [2.75, 3.05) is 0 Å². The lowest BCUT2D eigenvalue weighted by molar-refractivity contribution is 0.0682. The summed E-state index contributed by atoms with van der Waals surface area (Å²) in [5.74, 6) is -2.34. The van der Waals surface area contributed by atoms with Crippen LogP contribution in [0, 0.1) is 0 Å². The topological polar surface area (TPSA) is 79.5 Å². The zero-order chi connectivity index (χ0) is 15.7. The summed E-state index contributed by atoms with van der Waals surface area (Å²) in [6.45, 7) is 3.70. The molecule has 0 aliphatic heterocycles. The molecule has 0 bridgehead atoms. The van der Waals surface area contributed by atoms with E-state index in [4.69, 9.17) is 0 Å². The van der Waals surface area contributed by atoms with E-state index >= 15 is 0 Å². The maximum absolute atomic E-state index is 11.7. The molecule has 0 amide bonds. The van der Waals surface area contributed by atoms with Crippen molar-refractivity contribution in [3.8, 4) is 11.1 Å². The second-order valence-electron chi connectivity index (χ2n) is 5.17. The Hall–Kier alpha value is -2.56. The Bertz CT molecular complexity index is 699. The minimum atomic E-state index is -1.13. The molecule has 21 heavy (non-hydrogen) atoms. The van der Waals surface area contributed by atoms with Crippen molar-refractivity contribution in [2.45, 2.75) is 19.8 Å². The van der Waals surface area contributed by atoms with Crippen molar-refractivity contribution in [1.82, 2.24) is 4.57 Å². The van der Waals surface area contributed by atoms with Gasteiger partial charge in [-0.25, -0.2) is 9.59 Å². The van der Waals surface area contributed by atoms with Crippen LogP contribution in [0.2, 0.25) is 0 Å². The summed E-state index contributed by atoms with van der Waals surface area (Å²) >= 11 is 0. The maximum Gasteiger partial charge on any atom is 0.353 e. The number of carbonyl (C=O) groups is 2. The van der Waals surface area contributed by atoms with Crippen LogP contribution in [0.5, 0.6) is 0 Å². The molecule has 0 radical (unpaired) electrons. The molecule has 1 aromatic heterocycles. The molecule has 0 unspecified atom stereocenters. The predicted octanol–water partition coefficient (Wildman–Crippen LogP) is 3.21. The number of carboxylic acid groups (broad SMARTS) is 2. The predicted molar refractivity (Wildman–Crippen MR) is 78.9 cm³/mol. The van der Waals surface area contributed by atoms with Crippen molar-refractivity contribution in [1.29, 1.82) is 0 Å². The van der Waals surface area contributed by atoms with E-state index in [9.17, 15) is 19.8 Å². The fraction of sp³-hybridized carbons (Fsp3) is 0.250. The van der Waals surface area contributed by atoms with Crippen molar-refractivity contribution in [2.24, 2.45) is 7.05 Å². The third kappa shape index (κ3) is 2.42. The van der Waals surface area contributed by atoms with Crippen LogP contribution in [-0.4, -0.2) is 26.7 Å². The molecule has 5 heteroatoms. The van der Waals surface area contributed by atoms with Crippen molar-refractivity contribution in [3.63, 3.8) is 0 Å². The second-order valence-corrected chi connectivity index (χ2v) is 5.17. The molecular weight excluding hydrogens is 270 g/mol. The maximum atomic E-state index is 11.7. The van der Waals surface area contributed by atoms with E-state index in [2.05, 4.69) is 0 Å². The molecule has 0 aliphatic rings. The fourth-order valence-corrected chi connectivity index (χ4v) is 2.73. The first-order valence-corrected chi connectivity index (χ1v) is 6.60. The molecule has 2 aromatic rings. The van der Waals surface area contributed by atoms with Crippen molar-refractivity contribution >= 4 is 11.9 Å². The van der Waals surface area contributed by atoms with Crippen molar-refractivity contribution < 1.29 is 19.8 Å². The summed E-state index contributed by atoms with van der Waals surface area (Å²) in [5.41, 5.74) is 1.44. The highest BCUT2D eigenvalue weighted by Crippen LogP contribution is 2.35. The monoisotopic (exact) mass is 287 g/mol. The SMILES string of the molecule is CC(C)c1c(C(=O)O)c(-c2ccccc2)c(C(=O)O)n1C. The number of rotatable bonds is 4. The van der Waals surface area contributed by atoms with E-state index in [1.807, 2.05) is 13.8 Å². The molecule has 0 atom stereocenters. The van der Waals surface area contributed by atoms with Gasteiger partial charge in [-0.05, 0) is 11.5 Å². The first-order valence-electron chi connectivity index (χ1n) is 6.60. The van der Waals surface area contributed by atoms with Gasteiger partial charge in [0.15, 0.2) is 0 Å². The number of carboxylic acids is 2. The first kappa shape index (κ1) is 14.8. The van der Waals surface area contributed by atoms with Gasteiger partial charge in [-0.3, -0.25) is 0 Å². The lowest BCUT2D eigenvalue weighted by Crippen LogP contribution is -2.09. The Morgan fingerprint density at radius 3 is 2.05 bits per heavy atom. The Morgan fingerprint density at radius 1 is 1.05 bits per heavy atom. The number of aromatic nitrogens is 1. The van der Waals surface area contributed by atoms with Gasteiger partial charge in [-0.1, -0.05) is 44.2 Å². The molecule has 1 heterocycles. The molecule has 110 valence electrons. The van der Waals surface area contributed by atoms with E-state index < -0.39 is 11.9 Å². The smallest absolute Gasteiger partial charge is 0.353 e. The number of nitrogens with zero attached hydrogens (tertiary/aromatic N) is 1. The molecule has 0 spiro atoms. The minimum Gasteiger partial charge on any atom is -0.478 e. The van der Waals surface area contributed by atoms with E-state index in [-0.39, 0.29) is 22.7 Å². The van der Waals surface area contributed by atoms with Gasteiger partial charge in [0.1, 0.15) is 5.69 Å². The quantitative estimate of drug-likeness (QED) is 0.905. The zero-order valence-electron chi connectivity index (χ0n) is 12.1. The van der Waals surface area contributed by atoms with Crippen LogP contribution in [0.1, 0.15) is 46.3 Å². The lowest BCUT2D eigenvalue weighted by Gasteiger charge is -2.09. The van der Waals surface area contributed by atoms with Gasteiger partial charge in [0.25, 0.3) is 0 Å². The average Bonchev–Trinajstić information content (AvgIpc) is 2.73. The number of aromatic carboxylic acids is 2. The zero-order valence-corrected chi connectivity index (χ0v) is 12.1. The highest BCUT2D eigenvalue weighted by molar-refractivity contribution is 6.06.